The first-order valence-corrected chi connectivity index (χ1v) is 27.9. The van der Waals surface area contributed by atoms with Gasteiger partial charge < -0.3 is 34.6 Å². The minimum atomic E-state index is -4.80. The van der Waals surface area contributed by atoms with Crippen LogP contribution in [-0.4, -0.2) is 95.0 Å². The van der Waals surface area contributed by atoms with Crippen molar-refractivity contribution in [2.75, 3.05) is 39.6 Å². The van der Waals surface area contributed by atoms with Crippen LogP contribution in [0.3, 0.4) is 0 Å². The molecule has 392 valence electrons. The van der Waals surface area contributed by atoms with E-state index in [1.165, 1.54) is 44.9 Å². The molecule has 0 aliphatic heterocycles. The summed E-state index contributed by atoms with van der Waals surface area (Å²) < 4.78 is 53.0. The highest BCUT2D eigenvalue weighted by Gasteiger charge is 2.28. The first-order valence-electron chi connectivity index (χ1n) is 24.9. The summed E-state index contributed by atoms with van der Waals surface area (Å²) in [5.41, 5.74) is 0. The third kappa shape index (κ3) is 48.3. The molecular formula is C51H88O15P2. The lowest BCUT2D eigenvalue weighted by Crippen LogP contribution is -2.25. The van der Waals surface area contributed by atoms with Crippen molar-refractivity contribution in [3.8, 4) is 0 Å². The van der Waals surface area contributed by atoms with Crippen LogP contribution >= 0.6 is 15.6 Å². The van der Waals surface area contributed by atoms with E-state index in [9.17, 15) is 43.8 Å². The molecule has 0 aromatic rings. The highest BCUT2D eigenvalue weighted by atomic mass is 31.2. The molecule has 0 bridgehead atoms. The minimum Gasteiger partial charge on any atom is -0.463 e. The van der Waals surface area contributed by atoms with Crippen molar-refractivity contribution in [3.63, 3.8) is 0 Å². The number of aliphatic hydroxyl groups is 3. The number of carbonyl (C=O) groups is 2. The van der Waals surface area contributed by atoms with Gasteiger partial charge in [-0.05, 0) is 89.9 Å². The first kappa shape index (κ1) is 65.2. The molecule has 15 nitrogen and oxygen atoms in total. The summed E-state index contributed by atoms with van der Waals surface area (Å²) in [4.78, 5) is 43.8. The van der Waals surface area contributed by atoms with E-state index >= 15 is 0 Å². The highest BCUT2D eigenvalue weighted by Crippen LogP contribution is 2.45. The molecule has 5 unspecified atom stereocenters. The highest BCUT2D eigenvalue weighted by molar-refractivity contribution is 7.47. The topological polar surface area (TPSA) is 225 Å². The van der Waals surface area contributed by atoms with Gasteiger partial charge in [-0.2, -0.15) is 0 Å². The number of allylic oxidation sites excluding steroid dienone is 14. The van der Waals surface area contributed by atoms with Crippen LogP contribution in [0.1, 0.15) is 168 Å². The van der Waals surface area contributed by atoms with E-state index in [-0.39, 0.29) is 12.8 Å². The Morgan fingerprint density at radius 2 is 0.676 bits per heavy atom. The van der Waals surface area contributed by atoms with E-state index in [1.54, 1.807) is 0 Å². The zero-order chi connectivity index (χ0) is 50.2. The van der Waals surface area contributed by atoms with Gasteiger partial charge in [-0.25, -0.2) is 9.13 Å². The van der Waals surface area contributed by atoms with Crippen LogP contribution in [0, 0.1) is 0 Å². The van der Waals surface area contributed by atoms with Crippen LogP contribution in [0.2, 0.25) is 0 Å². The van der Waals surface area contributed by atoms with Gasteiger partial charge in [-0.15, -0.1) is 0 Å². The zero-order valence-corrected chi connectivity index (χ0v) is 43.0. The van der Waals surface area contributed by atoms with E-state index in [2.05, 4.69) is 117 Å². The Hall–Kier alpha value is -2.78. The van der Waals surface area contributed by atoms with E-state index in [1.807, 2.05) is 0 Å². The smallest absolute Gasteiger partial charge is 0.463 e. The standard InChI is InChI=1S/C51H88O15P2/c1-3-5-7-9-11-13-15-17-19-20-21-22-23-24-26-28-30-32-34-36-38-40-51(56)62-42-48(53)44-64-68(59,60)66-46-49(54)45-65-67(57,58)63-43-47(52)41-61-50(55)39-37-35-33-31-29-27-25-18-16-14-12-10-8-6-4-2/h5,7,11,13-14,16-17,19,21-22,24,26,30,32,47-49,52-54H,3-4,6,8-10,12,15,18,20,23,25,27-29,31,33-46H2,1-2H3,(H,57,58)(H,59,60)/b7-5-,13-11-,16-14-,19-17-,22-21-,26-24-,32-30-. The number of phosphoric acid groups is 2. The molecule has 0 spiro atoms. The Balaban J connectivity index is 3.95. The van der Waals surface area contributed by atoms with Crippen molar-refractivity contribution in [2.45, 2.75) is 186 Å². The van der Waals surface area contributed by atoms with Gasteiger partial charge in [0.1, 0.15) is 31.5 Å². The van der Waals surface area contributed by atoms with Crippen LogP contribution in [-0.2, 0) is 46.3 Å². The first-order chi connectivity index (χ1) is 32.8. The lowest BCUT2D eigenvalue weighted by atomic mass is 10.1. The molecular weight excluding hydrogens is 914 g/mol. The van der Waals surface area contributed by atoms with Gasteiger partial charge in [0.2, 0.25) is 0 Å². The summed E-state index contributed by atoms with van der Waals surface area (Å²) in [6.07, 6.45) is 48.5. The zero-order valence-electron chi connectivity index (χ0n) is 41.2. The molecule has 5 N–H and O–H groups in total. The average molecular weight is 1000 g/mol. The number of rotatable bonds is 47. The molecule has 0 rings (SSSR count). The molecule has 0 aromatic carbocycles. The molecule has 68 heavy (non-hydrogen) atoms. The number of carbonyl (C=O) groups excluding carboxylic acids is 2. The maximum atomic E-state index is 12.2. The van der Waals surface area contributed by atoms with Crippen molar-refractivity contribution in [2.24, 2.45) is 0 Å². The third-order valence-corrected chi connectivity index (χ3v) is 11.7. The number of unbranched alkanes of at least 4 members (excludes halogenated alkanes) is 13. The Morgan fingerprint density at radius 3 is 1.06 bits per heavy atom. The molecule has 0 aliphatic rings. The van der Waals surface area contributed by atoms with Gasteiger partial charge in [-0.1, -0.05) is 150 Å². The molecule has 0 saturated heterocycles. The average Bonchev–Trinajstić information content (AvgIpc) is 3.31. The Kier molecular flexibility index (Phi) is 44.7. The minimum absolute atomic E-state index is 0.137. The van der Waals surface area contributed by atoms with E-state index in [4.69, 9.17) is 9.47 Å². The van der Waals surface area contributed by atoms with Crippen molar-refractivity contribution in [3.05, 3.63) is 85.1 Å². The molecule has 0 fully saturated rings. The Labute approximate surface area is 408 Å². The largest absolute Gasteiger partial charge is 0.472 e. The fourth-order valence-electron chi connectivity index (χ4n) is 5.97. The van der Waals surface area contributed by atoms with Crippen molar-refractivity contribution < 1.29 is 71.4 Å². The second-order valence-electron chi connectivity index (χ2n) is 16.4. The number of phosphoric ester groups is 2. The second-order valence-corrected chi connectivity index (χ2v) is 19.3. The van der Waals surface area contributed by atoms with E-state index in [0.717, 1.165) is 83.5 Å². The summed E-state index contributed by atoms with van der Waals surface area (Å²) in [5.74, 6) is -1.05. The van der Waals surface area contributed by atoms with Gasteiger partial charge in [0.05, 0.1) is 26.4 Å². The summed E-state index contributed by atoms with van der Waals surface area (Å²) in [7, 11) is -9.60. The maximum absolute atomic E-state index is 12.2. The normalized spacial score (nSPS) is 15.7. The third-order valence-electron chi connectivity index (χ3n) is 9.83. The molecule has 0 aliphatic carbocycles. The van der Waals surface area contributed by atoms with Crippen LogP contribution in [0.25, 0.3) is 0 Å². The summed E-state index contributed by atoms with van der Waals surface area (Å²) in [6, 6.07) is 0. The SMILES string of the molecule is CC/C=C\C/C=C\C/C=C\C/C=C\C/C=C\C/C=C\CCCCC(=O)OCC(O)COP(=O)(O)OCC(O)COP(=O)(O)OCC(O)COC(=O)CCCCCCCCC/C=C\CCCCCC. The lowest BCUT2D eigenvalue weighted by Gasteiger charge is -2.19. The number of hydrogen-bond acceptors (Lipinski definition) is 13. The fraction of sp³-hybridized carbons (Fsp3) is 0.686. The monoisotopic (exact) mass is 1000 g/mol. The molecule has 0 radical (unpaired) electrons. The molecule has 0 heterocycles. The van der Waals surface area contributed by atoms with Crippen LogP contribution < -0.4 is 0 Å². The fourth-order valence-corrected chi connectivity index (χ4v) is 7.56. The van der Waals surface area contributed by atoms with Gasteiger partial charge in [0, 0.05) is 12.8 Å². The number of aliphatic hydroxyl groups excluding tert-OH is 3. The van der Waals surface area contributed by atoms with Crippen LogP contribution in [0.5, 0.6) is 0 Å². The molecule has 17 heteroatoms. The van der Waals surface area contributed by atoms with Gasteiger partial charge >= 0.3 is 27.6 Å². The number of hydrogen-bond donors (Lipinski definition) is 5. The quantitative estimate of drug-likeness (QED) is 0.0165. The van der Waals surface area contributed by atoms with Crippen molar-refractivity contribution >= 4 is 27.6 Å². The number of esters is 2. The van der Waals surface area contributed by atoms with Crippen molar-refractivity contribution in [1.29, 1.82) is 0 Å². The Bertz CT molecular complexity index is 1540. The van der Waals surface area contributed by atoms with Crippen molar-refractivity contribution in [1.82, 2.24) is 0 Å². The molecule has 5 atom stereocenters. The Morgan fingerprint density at radius 1 is 0.397 bits per heavy atom. The molecule has 0 amide bonds. The predicted octanol–water partition coefficient (Wildman–Crippen LogP) is 11.7. The molecule has 0 saturated carbocycles. The van der Waals surface area contributed by atoms with E-state index in [0.29, 0.717) is 12.8 Å². The summed E-state index contributed by atoms with van der Waals surface area (Å²) in [6.45, 7) is 0.224. The summed E-state index contributed by atoms with van der Waals surface area (Å²) >= 11 is 0. The van der Waals surface area contributed by atoms with Gasteiger partial charge in [0.15, 0.2) is 0 Å². The molecule has 0 aromatic heterocycles. The lowest BCUT2D eigenvalue weighted by molar-refractivity contribution is -0.148. The van der Waals surface area contributed by atoms with Crippen LogP contribution in [0.15, 0.2) is 85.1 Å². The maximum Gasteiger partial charge on any atom is 0.472 e. The van der Waals surface area contributed by atoms with Crippen LogP contribution in [0.4, 0.5) is 0 Å². The predicted molar refractivity (Wildman–Crippen MR) is 270 cm³/mol. The summed E-state index contributed by atoms with van der Waals surface area (Å²) in [5, 5.41) is 30.0. The second kappa shape index (κ2) is 46.6. The number of ether oxygens (including phenoxy) is 2. The van der Waals surface area contributed by atoms with Gasteiger partial charge in [0.25, 0.3) is 0 Å². The van der Waals surface area contributed by atoms with Gasteiger partial charge in [-0.3, -0.25) is 27.7 Å². The van der Waals surface area contributed by atoms with E-state index < -0.39 is 85.5 Å².